The Labute approximate surface area is 132 Å². The van der Waals surface area contributed by atoms with Gasteiger partial charge >= 0.3 is 0 Å². The SMILES string of the molecule is CCOC1(C(O)c2ccc(Cl)c(OC)c2)CCCC(C)C1. The first-order chi connectivity index (χ1) is 10.0. The number of aliphatic hydroxyl groups is 1. The fourth-order valence-electron chi connectivity index (χ4n) is 3.44. The number of halogens is 1. The Hall–Kier alpha value is -0.770. The number of ether oxygens (including phenoxy) is 2. The number of benzene rings is 1. The van der Waals surface area contributed by atoms with E-state index in [9.17, 15) is 5.11 Å². The largest absolute Gasteiger partial charge is 0.495 e. The smallest absolute Gasteiger partial charge is 0.137 e. The molecular formula is C17H25ClO3. The predicted octanol–water partition coefficient (Wildman–Crippen LogP) is 4.37. The molecular weight excluding hydrogens is 288 g/mol. The fourth-order valence-corrected chi connectivity index (χ4v) is 3.63. The summed E-state index contributed by atoms with van der Waals surface area (Å²) < 4.78 is 11.3. The average molecular weight is 313 g/mol. The minimum absolute atomic E-state index is 0.495. The molecule has 1 N–H and O–H groups in total. The van der Waals surface area contributed by atoms with Gasteiger partial charge in [0, 0.05) is 6.61 Å². The third-order valence-electron chi connectivity index (χ3n) is 4.41. The molecule has 3 unspecified atom stereocenters. The summed E-state index contributed by atoms with van der Waals surface area (Å²) >= 11 is 6.07. The summed E-state index contributed by atoms with van der Waals surface area (Å²) in [6.45, 7) is 4.81. The molecule has 0 aromatic heterocycles. The van der Waals surface area contributed by atoms with Gasteiger partial charge < -0.3 is 14.6 Å². The first kappa shape index (κ1) is 16.6. The number of rotatable bonds is 5. The van der Waals surface area contributed by atoms with Crippen molar-refractivity contribution in [2.45, 2.75) is 51.2 Å². The predicted molar refractivity (Wildman–Crippen MR) is 85.0 cm³/mol. The van der Waals surface area contributed by atoms with Crippen LogP contribution in [0.5, 0.6) is 5.75 Å². The molecule has 0 saturated heterocycles. The Morgan fingerprint density at radius 2 is 2.24 bits per heavy atom. The van der Waals surface area contributed by atoms with Gasteiger partial charge in [0.05, 0.1) is 17.7 Å². The van der Waals surface area contributed by atoms with Crippen LogP contribution >= 0.6 is 11.6 Å². The molecule has 1 aliphatic carbocycles. The van der Waals surface area contributed by atoms with E-state index in [4.69, 9.17) is 21.1 Å². The van der Waals surface area contributed by atoms with Gasteiger partial charge in [0.15, 0.2) is 0 Å². The highest BCUT2D eigenvalue weighted by molar-refractivity contribution is 6.32. The molecule has 0 heterocycles. The molecule has 2 rings (SSSR count). The quantitative estimate of drug-likeness (QED) is 0.877. The van der Waals surface area contributed by atoms with Crippen molar-refractivity contribution in [3.63, 3.8) is 0 Å². The molecule has 0 aliphatic heterocycles. The monoisotopic (exact) mass is 312 g/mol. The summed E-state index contributed by atoms with van der Waals surface area (Å²) in [4.78, 5) is 0. The van der Waals surface area contributed by atoms with Crippen molar-refractivity contribution >= 4 is 11.6 Å². The van der Waals surface area contributed by atoms with Crippen LogP contribution in [0.15, 0.2) is 18.2 Å². The molecule has 4 heteroatoms. The minimum atomic E-state index is -0.661. The van der Waals surface area contributed by atoms with Crippen molar-refractivity contribution < 1.29 is 14.6 Å². The van der Waals surface area contributed by atoms with E-state index in [0.29, 0.717) is 23.3 Å². The van der Waals surface area contributed by atoms with Crippen LogP contribution in [-0.2, 0) is 4.74 Å². The Morgan fingerprint density at radius 1 is 1.48 bits per heavy atom. The second-order valence-corrected chi connectivity index (χ2v) is 6.40. The lowest BCUT2D eigenvalue weighted by atomic mass is 9.74. The van der Waals surface area contributed by atoms with E-state index in [-0.39, 0.29) is 0 Å². The van der Waals surface area contributed by atoms with E-state index in [1.807, 2.05) is 19.1 Å². The van der Waals surface area contributed by atoms with E-state index in [0.717, 1.165) is 24.8 Å². The van der Waals surface area contributed by atoms with Crippen molar-refractivity contribution in [2.24, 2.45) is 5.92 Å². The zero-order valence-electron chi connectivity index (χ0n) is 13.1. The van der Waals surface area contributed by atoms with Crippen molar-refractivity contribution in [1.29, 1.82) is 0 Å². The topological polar surface area (TPSA) is 38.7 Å². The summed E-state index contributed by atoms with van der Waals surface area (Å²) in [7, 11) is 1.58. The summed E-state index contributed by atoms with van der Waals surface area (Å²) in [5.41, 5.74) is 0.310. The first-order valence-corrected chi connectivity index (χ1v) is 8.05. The Bertz CT molecular complexity index is 473. The van der Waals surface area contributed by atoms with Gasteiger partial charge in [0.25, 0.3) is 0 Å². The first-order valence-electron chi connectivity index (χ1n) is 7.68. The number of methoxy groups -OCH3 is 1. The van der Waals surface area contributed by atoms with E-state index >= 15 is 0 Å². The van der Waals surface area contributed by atoms with Crippen LogP contribution in [-0.4, -0.2) is 24.4 Å². The van der Waals surface area contributed by atoms with Gasteiger partial charge in [0.2, 0.25) is 0 Å². The van der Waals surface area contributed by atoms with Gasteiger partial charge in [-0.1, -0.05) is 37.4 Å². The Morgan fingerprint density at radius 3 is 2.86 bits per heavy atom. The van der Waals surface area contributed by atoms with Crippen LogP contribution in [0.2, 0.25) is 5.02 Å². The van der Waals surface area contributed by atoms with Crippen LogP contribution in [0.25, 0.3) is 0 Å². The maximum absolute atomic E-state index is 10.9. The van der Waals surface area contributed by atoms with E-state index in [1.165, 1.54) is 6.42 Å². The summed E-state index contributed by atoms with van der Waals surface area (Å²) in [5, 5.41) is 11.5. The van der Waals surface area contributed by atoms with Crippen molar-refractivity contribution in [2.75, 3.05) is 13.7 Å². The highest BCUT2D eigenvalue weighted by Crippen LogP contribution is 2.44. The molecule has 21 heavy (non-hydrogen) atoms. The zero-order valence-corrected chi connectivity index (χ0v) is 13.8. The number of hydrogen-bond donors (Lipinski definition) is 1. The second kappa shape index (κ2) is 6.99. The van der Waals surface area contributed by atoms with Gasteiger partial charge in [0.1, 0.15) is 11.9 Å². The Balaban J connectivity index is 2.31. The van der Waals surface area contributed by atoms with Gasteiger partial charge in [-0.3, -0.25) is 0 Å². The molecule has 1 aromatic carbocycles. The number of hydrogen-bond acceptors (Lipinski definition) is 3. The molecule has 0 bridgehead atoms. The van der Waals surface area contributed by atoms with Gasteiger partial charge in [-0.05, 0) is 43.4 Å². The molecule has 1 fully saturated rings. The van der Waals surface area contributed by atoms with Crippen molar-refractivity contribution in [3.05, 3.63) is 28.8 Å². The average Bonchev–Trinajstić information content (AvgIpc) is 2.47. The molecule has 118 valence electrons. The standard InChI is InChI=1S/C17H25ClO3/c1-4-21-17(9-5-6-12(2)11-17)16(19)13-7-8-14(18)15(10-13)20-3/h7-8,10,12,16,19H,4-6,9,11H2,1-3H3. The zero-order chi connectivity index (χ0) is 15.5. The van der Waals surface area contributed by atoms with Crippen LogP contribution in [0.4, 0.5) is 0 Å². The van der Waals surface area contributed by atoms with Gasteiger partial charge in [-0.2, -0.15) is 0 Å². The lowest BCUT2D eigenvalue weighted by molar-refractivity contribution is -0.150. The summed E-state index contributed by atoms with van der Waals surface area (Å²) in [6.07, 6.45) is 3.39. The second-order valence-electron chi connectivity index (χ2n) is 6.00. The molecule has 1 aliphatic rings. The molecule has 0 radical (unpaired) electrons. The highest BCUT2D eigenvalue weighted by Gasteiger charge is 2.42. The lowest BCUT2D eigenvalue weighted by Gasteiger charge is -2.43. The third-order valence-corrected chi connectivity index (χ3v) is 4.72. The summed E-state index contributed by atoms with van der Waals surface area (Å²) in [5.74, 6) is 1.15. The van der Waals surface area contributed by atoms with Crippen LogP contribution < -0.4 is 4.74 Å². The molecule has 3 nitrogen and oxygen atoms in total. The van der Waals surface area contributed by atoms with Crippen LogP contribution in [0.3, 0.4) is 0 Å². The number of aliphatic hydroxyl groups excluding tert-OH is 1. The summed E-state index contributed by atoms with van der Waals surface area (Å²) in [6, 6.07) is 5.44. The molecule has 3 atom stereocenters. The lowest BCUT2D eigenvalue weighted by Crippen LogP contribution is -2.43. The van der Waals surface area contributed by atoms with Gasteiger partial charge in [-0.15, -0.1) is 0 Å². The minimum Gasteiger partial charge on any atom is -0.495 e. The molecule has 1 aromatic rings. The normalized spacial score (nSPS) is 27.4. The van der Waals surface area contributed by atoms with E-state index < -0.39 is 11.7 Å². The maximum Gasteiger partial charge on any atom is 0.137 e. The van der Waals surface area contributed by atoms with Crippen molar-refractivity contribution in [1.82, 2.24) is 0 Å². The third kappa shape index (κ3) is 3.53. The van der Waals surface area contributed by atoms with Crippen LogP contribution in [0.1, 0.15) is 51.2 Å². The van der Waals surface area contributed by atoms with E-state index in [1.54, 1.807) is 13.2 Å². The maximum atomic E-state index is 10.9. The molecule has 0 spiro atoms. The fraction of sp³-hybridized carbons (Fsp3) is 0.647. The highest BCUT2D eigenvalue weighted by atomic mass is 35.5. The molecule has 1 saturated carbocycles. The van der Waals surface area contributed by atoms with Crippen molar-refractivity contribution in [3.8, 4) is 5.75 Å². The van der Waals surface area contributed by atoms with E-state index in [2.05, 4.69) is 6.92 Å². The Kier molecular flexibility index (Phi) is 5.53. The van der Waals surface area contributed by atoms with Gasteiger partial charge in [-0.25, -0.2) is 0 Å². The van der Waals surface area contributed by atoms with Crippen LogP contribution in [0, 0.1) is 5.92 Å². The molecule has 0 amide bonds.